The summed E-state index contributed by atoms with van der Waals surface area (Å²) in [6.45, 7) is 1.51. The van der Waals surface area contributed by atoms with Gasteiger partial charge in [-0.25, -0.2) is 0 Å². The highest BCUT2D eigenvalue weighted by Crippen LogP contribution is 2.31. The molecule has 2 aliphatic carbocycles. The van der Waals surface area contributed by atoms with Crippen LogP contribution in [0.25, 0.3) is 0 Å². The van der Waals surface area contributed by atoms with Crippen molar-refractivity contribution in [1.29, 1.82) is 0 Å². The van der Waals surface area contributed by atoms with E-state index in [2.05, 4.69) is 10.6 Å². The Kier molecular flexibility index (Phi) is 2.83. The van der Waals surface area contributed by atoms with Crippen molar-refractivity contribution < 1.29 is 4.79 Å². The molecule has 2 saturated carbocycles. The first kappa shape index (κ1) is 9.00. The molecule has 2 rings (SSSR count). The maximum absolute atomic E-state index is 11.2. The molecule has 0 heterocycles. The molecule has 3 heteroatoms. The third kappa shape index (κ3) is 3.77. The Bertz CT molecular complexity index is 185. The summed E-state index contributed by atoms with van der Waals surface area (Å²) in [5, 5.41) is 6.13. The number of amides is 1. The Morgan fingerprint density at radius 1 is 1.23 bits per heavy atom. The van der Waals surface area contributed by atoms with Crippen molar-refractivity contribution in [3.05, 3.63) is 0 Å². The van der Waals surface area contributed by atoms with Gasteiger partial charge in [0.15, 0.2) is 0 Å². The molecule has 13 heavy (non-hydrogen) atoms. The molecule has 0 atom stereocenters. The van der Waals surface area contributed by atoms with Crippen molar-refractivity contribution in [2.45, 2.75) is 38.1 Å². The van der Waals surface area contributed by atoms with Gasteiger partial charge < -0.3 is 10.6 Å². The Hall–Kier alpha value is -0.570. The zero-order valence-electron chi connectivity index (χ0n) is 8.01. The predicted molar refractivity (Wildman–Crippen MR) is 51.4 cm³/mol. The van der Waals surface area contributed by atoms with Crippen LogP contribution >= 0.6 is 0 Å². The van der Waals surface area contributed by atoms with E-state index in [0.29, 0.717) is 12.6 Å². The van der Waals surface area contributed by atoms with Crippen molar-refractivity contribution in [3.8, 4) is 0 Å². The van der Waals surface area contributed by atoms with E-state index in [4.69, 9.17) is 0 Å². The Balaban J connectivity index is 1.43. The summed E-state index contributed by atoms with van der Waals surface area (Å²) < 4.78 is 0. The van der Waals surface area contributed by atoms with Crippen LogP contribution in [0.2, 0.25) is 0 Å². The van der Waals surface area contributed by atoms with Crippen molar-refractivity contribution in [2.75, 3.05) is 13.1 Å². The van der Waals surface area contributed by atoms with Crippen LogP contribution in [0.5, 0.6) is 0 Å². The fourth-order valence-corrected chi connectivity index (χ4v) is 1.42. The summed E-state index contributed by atoms with van der Waals surface area (Å²) >= 11 is 0. The van der Waals surface area contributed by atoms with Gasteiger partial charge in [-0.15, -0.1) is 0 Å². The maximum Gasteiger partial charge on any atom is 0.234 e. The van der Waals surface area contributed by atoms with Gasteiger partial charge in [0, 0.05) is 6.04 Å². The van der Waals surface area contributed by atoms with Gasteiger partial charge in [0.25, 0.3) is 0 Å². The maximum atomic E-state index is 11.2. The van der Waals surface area contributed by atoms with Crippen LogP contribution < -0.4 is 10.6 Å². The molecular formula is C10H18N2O. The molecule has 2 N–H and O–H groups in total. The zero-order chi connectivity index (χ0) is 9.10. The summed E-state index contributed by atoms with van der Waals surface area (Å²) in [7, 11) is 0. The monoisotopic (exact) mass is 182 g/mol. The first-order valence-corrected chi connectivity index (χ1v) is 5.34. The minimum absolute atomic E-state index is 0.165. The van der Waals surface area contributed by atoms with E-state index < -0.39 is 0 Å². The molecule has 2 aliphatic rings. The van der Waals surface area contributed by atoms with Crippen molar-refractivity contribution >= 4 is 5.91 Å². The lowest BCUT2D eigenvalue weighted by Gasteiger charge is -2.04. The fraction of sp³-hybridized carbons (Fsp3) is 0.900. The zero-order valence-corrected chi connectivity index (χ0v) is 8.01. The van der Waals surface area contributed by atoms with Crippen LogP contribution in [0.1, 0.15) is 32.1 Å². The quantitative estimate of drug-likeness (QED) is 0.592. The second-order valence-electron chi connectivity index (χ2n) is 4.25. The molecule has 74 valence electrons. The average Bonchev–Trinajstić information content (AvgIpc) is 2.92. The standard InChI is InChI=1S/C10H18N2O/c13-10(12-9-3-4-9)7-11-6-5-8-1-2-8/h8-9,11H,1-7H2,(H,12,13). The van der Waals surface area contributed by atoms with Crippen LogP contribution in [-0.4, -0.2) is 25.0 Å². The summed E-state index contributed by atoms with van der Waals surface area (Å²) in [6, 6.07) is 0.498. The number of hydrogen-bond donors (Lipinski definition) is 2. The van der Waals surface area contributed by atoms with Gasteiger partial charge in [-0.05, 0) is 31.7 Å². The molecule has 0 radical (unpaired) electrons. The normalized spacial score (nSPS) is 21.5. The second-order valence-corrected chi connectivity index (χ2v) is 4.25. The number of nitrogens with one attached hydrogen (secondary N) is 2. The van der Waals surface area contributed by atoms with Crippen molar-refractivity contribution in [2.24, 2.45) is 5.92 Å². The third-order valence-electron chi connectivity index (χ3n) is 2.65. The van der Waals surface area contributed by atoms with Gasteiger partial charge in [-0.1, -0.05) is 12.8 Å². The molecule has 0 bridgehead atoms. The molecular weight excluding hydrogens is 164 g/mol. The lowest BCUT2D eigenvalue weighted by Crippen LogP contribution is -2.35. The number of carbonyl (C=O) groups excluding carboxylic acids is 1. The van der Waals surface area contributed by atoms with Crippen LogP contribution in [-0.2, 0) is 4.79 Å². The van der Waals surface area contributed by atoms with E-state index in [-0.39, 0.29) is 5.91 Å². The highest BCUT2D eigenvalue weighted by molar-refractivity contribution is 5.78. The minimum atomic E-state index is 0.165. The average molecular weight is 182 g/mol. The summed E-state index contributed by atoms with van der Waals surface area (Å²) in [4.78, 5) is 11.2. The van der Waals surface area contributed by atoms with Crippen LogP contribution in [0, 0.1) is 5.92 Å². The lowest BCUT2D eigenvalue weighted by molar-refractivity contribution is -0.120. The Labute approximate surface area is 79.3 Å². The number of hydrogen-bond acceptors (Lipinski definition) is 2. The summed E-state index contributed by atoms with van der Waals surface area (Å²) in [5.74, 6) is 1.12. The van der Waals surface area contributed by atoms with Crippen LogP contribution in [0.4, 0.5) is 0 Å². The van der Waals surface area contributed by atoms with Gasteiger partial charge in [0.1, 0.15) is 0 Å². The van der Waals surface area contributed by atoms with E-state index in [1.54, 1.807) is 0 Å². The van der Waals surface area contributed by atoms with E-state index in [1.165, 1.54) is 32.1 Å². The van der Waals surface area contributed by atoms with Gasteiger partial charge >= 0.3 is 0 Å². The lowest BCUT2D eigenvalue weighted by atomic mass is 10.3. The topological polar surface area (TPSA) is 41.1 Å². The highest BCUT2D eigenvalue weighted by atomic mass is 16.2. The van der Waals surface area contributed by atoms with Gasteiger partial charge in [0.2, 0.25) is 5.91 Å². The highest BCUT2D eigenvalue weighted by Gasteiger charge is 2.23. The first-order chi connectivity index (χ1) is 6.34. The van der Waals surface area contributed by atoms with Gasteiger partial charge in [0.05, 0.1) is 6.54 Å². The Morgan fingerprint density at radius 3 is 2.62 bits per heavy atom. The van der Waals surface area contributed by atoms with E-state index in [0.717, 1.165) is 12.5 Å². The van der Waals surface area contributed by atoms with E-state index >= 15 is 0 Å². The van der Waals surface area contributed by atoms with E-state index in [9.17, 15) is 4.79 Å². The van der Waals surface area contributed by atoms with Gasteiger partial charge in [-0.2, -0.15) is 0 Å². The second kappa shape index (κ2) is 4.09. The SMILES string of the molecule is O=C(CNCCC1CC1)NC1CC1. The molecule has 0 unspecified atom stereocenters. The van der Waals surface area contributed by atoms with Crippen LogP contribution in [0.15, 0.2) is 0 Å². The number of carbonyl (C=O) groups is 1. The molecule has 0 aromatic carbocycles. The third-order valence-corrected chi connectivity index (χ3v) is 2.65. The first-order valence-electron chi connectivity index (χ1n) is 5.34. The van der Waals surface area contributed by atoms with Crippen molar-refractivity contribution in [1.82, 2.24) is 10.6 Å². The molecule has 0 aromatic rings. The molecule has 0 spiro atoms. The predicted octanol–water partition coefficient (Wildman–Crippen LogP) is 0.655. The summed E-state index contributed by atoms with van der Waals surface area (Å²) in [5.41, 5.74) is 0. The molecule has 0 saturated heterocycles. The summed E-state index contributed by atoms with van der Waals surface area (Å²) in [6.07, 6.45) is 6.39. The van der Waals surface area contributed by atoms with Crippen LogP contribution in [0.3, 0.4) is 0 Å². The minimum Gasteiger partial charge on any atom is -0.352 e. The molecule has 1 amide bonds. The fourth-order valence-electron chi connectivity index (χ4n) is 1.42. The molecule has 0 aromatic heterocycles. The van der Waals surface area contributed by atoms with Crippen molar-refractivity contribution in [3.63, 3.8) is 0 Å². The Morgan fingerprint density at radius 2 is 2.00 bits per heavy atom. The van der Waals surface area contributed by atoms with E-state index in [1.807, 2.05) is 0 Å². The molecule has 3 nitrogen and oxygen atoms in total. The number of rotatable bonds is 6. The largest absolute Gasteiger partial charge is 0.352 e. The smallest absolute Gasteiger partial charge is 0.234 e. The van der Waals surface area contributed by atoms with Gasteiger partial charge in [-0.3, -0.25) is 4.79 Å². The molecule has 2 fully saturated rings. The molecule has 0 aliphatic heterocycles.